The first kappa shape index (κ1) is 17.9. The number of carbonyl (C=O) groups is 2. The number of nitrogens with zero attached hydrogens (tertiary/aromatic N) is 1. The Kier molecular flexibility index (Phi) is 5.71. The highest BCUT2D eigenvalue weighted by Gasteiger charge is 2.45. The van der Waals surface area contributed by atoms with Crippen molar-refractivity contribution in [1.29, 1.82) is 0 Å². The molecular weight excluding hydrogens is 319 g/mol. The molecule has 3 rings (SSSR count). The first-order valence-corrected chi connectivity index (χ1v) is 9.44. The lowest BCUT2D eigenvalue weighted by Crippen LogP contribution is -2.49. The van der Waals surface area contributed by atoms with E-state index in [1.165, 1.54) is 12.1 Å². The Morgan fingerprint density at radius 1 is 1.20 bits per heavy atom. The van der Waals surface area contributed by atoms with E-state index in [2.05, 4.69) is 5.32 Å². The molecule has 4 nitrogen and oxygen atoms in total. The molecule has 2 aliphatic rings. The summed E-state index contributed by atoms with van der Waals surface area (Å²) in [6.07, 6.45) is 7.12. The fourth-order valence-electron chi connectivity index (χ4n) is 3.88. The van der Waals surface area contributed by atoms with Gasteiger partial charge in [0.1, 0.15) is 5.82 Å². The highest BCUT2D eigenvalue weighted by atomic mass is 19.1. The fraction of sp³-hybridized carbons (Fsp3) is 0.600. The summed E-state index contributed by atoms with van der Waals surface area (Å²) >= 11 is 0. The molecule has 0 radical (unpaired) electrons. The molecule has 1 N–H and O–H groups in total. The third kappa shape index (κ3) is 4.02. The normalized spacial score (nSPS) is 19.9. The molecule has 1 aliphatic heterocycles. The molecule has 0 bridgehead atoms. The van der Waals surface area contributed by atoms with Crippen molar-refractivity contribution in [3.05, 3.63) is 35.6 Å². The van der Waals surface area contributed by atoms with Crippen LogP contribution in [0.2, 0.25) is 0 Å². The predicted octanol–water partition coefficient (Wildman–Crippen LogP) is 3.16. The Labute approximate surface area is 148 Å². The number of halogens is 1. The molecule has 136 valence electrons. The Morgan fingerprint density at radius 2 is 2.04 bits per heavy atom. The van der Waals surface area contributed by atoms with Crippen LogP contribution in [0.3, 0.4) is 0 Å². The summed E-state index contributed by atoms with van der Waals surface area (Å²) in [5.74, 6) is -0.0677. The molecule has 1 aromatic carbocycles. The van der Waals surface area contributed by atoms with E-state index < -0.39 is 5.41 Å². The van der Waals surface area contributed by atoms with Crippen LogP contribution in [0.4, 0.5) is 4.39 Å². The highest BCUT2D eigenvalue weighted by molar-refractivity contribution is 5.89. The zero-order valence-corrected chi connectivity index (χ0v) is 14.7. The lowest BCUT2D eigenvalue weighted by molar-refractivity contribution is -0.130. The first-order chi connectivity index (χ1) is 12.1. The van der Waals surface area contributed by atoms with Crippen LogP contribution in [0.15, 0.2) is 24.3 Å². The van der Waals surface area contributed by atoms with Crippen molar-refractivity contribution in [2.45, 2.75) is 56.8 Å². The summed E-state index contributed by atoms with van der Waals surface area (Å²) in [5, 5.41) is 3.01. The number of rotatable bonds is 6. The van der Waals surface area contributed by atoms with Gasteiger partial charge in [-0.2, -0.15) is 0 Å². The van der Waals surface area contributed by atoms with Gasteiger partial charge in [0, 0.05) is 26.1 Å². The predicted molar refractivity (Wildman–Crippen MR) is 94.6 cm³/mol. The van der Waals surface area contributed by atoms with Gasteiger partial charge < -0.3 is 10.2 Å². The average molecular weight is 346 g/mol. The summed E-state index contributed by atoms with van der Waals surface area (Å²) < 4.78 is 13.5. The molecule has 0 spiro atoms. The number of benzene rings is 1. The molecule has 25 heavy (non-hydrogen) atoms. The van der Waals surface area contributed by atoms with E-state index in [-0.39, 0.29) is 17.6 Å². The topological polar surface area (TPSA) is 49.4 Å². The molecular formula is C20H27FN2O2. The van der Waals surface area contributed by atoms with Crippen molar-refractivity contribution < 1.29 is 14.0 Å². The van der Waals surface area contributed by atoms with Crippen molar-refractivity contribution in [3.8, 4) is 0 Å². The average Bonchev–Trinajstić information content (AvgIpc) is 2.75. The van der Waals surface area contributed by atoms with Crippen LogP contribution >= 0.6 is 0 Å². The van der Waals surface area contributed by atoms with Gasteiger partial charge in [-0.25, -0.2) is 4.39 Å². The second kappa shape index (κ2) is 7.98. The van der Waals surface area contributed by atoms with E-state index in [9.17, 15) is 14.0 Å². The standard InChI is InChI=1S/C20H27FN2O2/c21-17-8-4-7-16(15-17)20(10-5-11-20)19(25)22-12-6-14-23-13-3-1-2-9-18(23)24/h4,7-8,15H,1-3,5-6,9-14H2,(H,22,25). The molecule has 2 amide bonds. The lowest BCUT2D eigenvalue weighted by atomic mass is 9.64. The maximum absolute atomic E-state index is 13.5. The quantitative estimate of drug-likeness (QED) is 0.805. The van der Waals surface area contributed by atoms with E-state index >= 15 is 0 Å². The van der Waals surface area contributed by atoms with E-state index in [0.29, 0.717) is 19.5 Å². The molecule has 1 heterocycles. The van der Waals surface area contributed by atoms with Crippen molar-refractivity contribution >= 4 is 11.8 Å². The van der Waals surface area contributed by atoms with Gasteiger partial charge in [-0.05, 0) is 49.8 Å². The van der Waals surface area contributed by atoms with Gasteiger partial charge in [0.2, 0.25) is 11.8 Å². The summed E-state index contributed by atoms with van der Waals surface area (Å²) in [7, 11) is 0. The molecule has 5 heteroatoms. The maximum atomic E-state index is 13.5. The number of amides is 2. The zero-order valence-electron chi connectivity index (χ0n) is 14.7. The van der Waals surface area contributed by atoms with E-state index in [0.717, 1.165) is 57.1 Å². The third-order valence-corrected chi connectivity index (χ3v) is 5.58. The van der Waals surface area contributed by atoms with Crippen LogP contribution in [-0.4, -0.2) is 36.3 Å². The van der Waals surface area contributed by atoms with Crippen LogP contribution in [0.5, 0.6) is 0 Å². The Balaban J connectivity index is 1.50. The fourth-order valence-corrected chi connectivity index (χ4v) is 3.88. The minimum absolute atomic E-state index is 0.00783. The van der Waals surface area contributed by atoms with Crippen LogP contribution in [-0.2, 0) is 15.0 Å². The van der Waals surface area contributed by atoms with Gasteiger partial charge in [0.05, 0.1) is 5.41 Å². The summed E-state index contributed by atoms with van der Waals surface area (Å²) in [6.45, 7) is 2.09. The second-order valence-electron chi connectivity index (χ2n) is 7.25. The van der Waals surface area contributed by atoms with E-state index in [1.807, 2.05) is 11.0 Å². The number of likely N-dealkylation sites (tertiary alicyclic amines) is 1. The lowest BCUT2D eigenvalue weighted by Gasteiger charge is -2.40. The minimum atomic E-state index is -0.569. The van der Waals surface area contributed by atoms with Gasteiger partial charge in [-0.3, -0.25) is 9.59 Å². The Bertz CT molecular complexity index is 628. The molecule has 1 aromatic rings. The van der Waals surface area contributed by atoms with Crippen LogP contribution in [0.1, 0.15) is 56.9 Å². The van der Waals surface area contributed by atoms with Crippen molar-refractivity contribution in [2.24, 2.45) is 0 Å². The number of carbonyl (C=O) groups excluding carboxylic acids is 2. The Hall–Kier alpha value is -1.91. The molecule has 0 atom stereocenters. The second-order valence-corrected chi connectivity index (χ2v) is 7.25. The molecule has 2 fully saturated rings. The SMILES string of the molecule is O=C1CCCCCN1CCCNC(=O)C1(c2cccc(F)c2)CCC1. The Morgan fingerprint density at radius 3 is 2.76 bits per heavy atom. The first-order valence-electron chi connectivity index (χ1n) is 9.44. The monoisotopic (exact) mass is 346 g/mol. The maximum Gasteiger partial charge on any atom is 0.230 e. The van der Waals surface area contributed by atoms with Crippen molar-refractivity contribution in [1.82, 2.24) is 10.2 Å². The summed E-state index contributed by atoms with van der Waals surface area (Å²) in [5.41, 5.74) is 0.208. The smallest absolute Gasteiger partial charge is 0.230 e. The molecule has 1 aliphatic carbocycles. The van der Waals surface area contributed by atoms with Crippen molar-refractivity contribution in [3.63, 3.8) is 0 Å². The van der Waals surface area contributed by atoms with E-state index in [4.69, 9.17) is 0 Å². The van der Waals surface area contributed by atoms with Crippen LogP contribution in [0.25, 0.3) is 0 Å². The third-order valence-electron chi connectivity index (χ3n) is 5.58. The number of hydrogen-bond donors (Lipinski definition) is 1. The molecule has 0 unspecified atom stereocenters. The van der Waals surface area contributed by atoms with Gasteiger partial charge in [0.15, 0.2) is 0 Å². The van der Waals surface area contributed by atoms with E-state index in [1.54, 1.807) is 6.07 Å². The number of nitrogens with one attached hydrogen (secondary N) is 1. The number of hydrogen-bond acceptors (Lipinski definition) is 2. The van der Waals surface area contributed by atoms with Gasteiger partial charge >= 0.3 is 0 Å². The summed E-state index contributed by atoms with van der Waals surface area (Å²) in [6, 6.07) is 6.40. The molecule has 1 saturated heterocycles. The van der Waals surface area contributed by atoms with Crippen LogP contribution < -0.4 is 5.32 Å². The van der Waals surface area contributed by atoms with Gasteiger partial charge in [-0.15, -0.1) is 0 Å². The minimum Gasteiger partial charge on any atom is -0.355 e. The van der Waals surface area contributed by atoms with Gasteiger partial charge in [-0.1, -0.05) is 25.0 Å². The van der Waals surface area contributed by atoms with Crippen LogP contribution in [0, 0.1) is 5.82 Å². The molecule has 0 aromatic heterocycles. The van der Waals surface area contributed by atoms with Crippen molar-refractivity contribution in [2.75, 3.05) is 19.6 Å². The van der Waals surface area contributed by atoms with Gasteiger partial charge in [0.25, 0.3) is 0 Å². The zero-order chi connectivity index (χ0) is 17.7. The largest absolute Gasteiger partial charge is 0.355 e. The highest BCUT2D eigenvalue weighted by Crippen LogP contribution is 2.44. The summed E-state index contributed by atoms with van der Waals surface area (Å²) in [4.78, 5) is 26.6. The molecule has 1 saturated carbocycles.